The van der Waals surface area contributed by atoms with Crippen molar-refractivity contribution < 1.29 is 8.42 Å². The molecular weight excluding hydrogens is 486 g/mol. The zero-order valence-electron chi connectivity index (χ0n) is 11.7. The van der Waals surface area contributed by atoms with E-state index >= 15 is 0 Å². The van der Waals surface area contributed by atoms with Crippen molar-refractivity contribution in [3.8, 4) is 0 Å². The lowest BCUT2D eigenvalue weighted by Gasteiger charge is -2.25. The average Bonchev–Trinajstić information content (AvgIpc) is 2.41. The number of hydrogen-bond donors (Lipinski definition) is 1. The van der Waals surface area contributed by atoms with Crippen molar-refractivity contribution in [1.82, 2.24) is 4.72 Å². The molecule has 1 aliphatic carbocycles. The highest BCUT2D eigenvalue weighted by Crippen LogP contribution is 2.31. The smallest absolute Gasteiger partial charge is 0.211 e. The molecule has 1 aliphatic rings. The predicted molar refractivity (Wildman–Crippen MR) is 96.4 cm³/mol. The van der Waals surface area contributed by atoms with E-state index in [0.717, 1.165) is 29.3 Å². The van der Waals surface area contributed by atoms with Gasteiger partial charge in [0.25, 0.3) is 0 Å². The summed E-state index contributed by atoms with van der Waals surface area (Å²) in [5.74, 6) is 0.408. The number of nitrogens with one attached hydrogen (secondary N) is 1. The molecule has 1 aromatic rings. The largest absolute Gasteiger partial charge is 0.241 e. The Bertz CT molecular complexity index is 619. The van der Waals surface area contributed by atoms with E-state index in [1.54, 1.807) is 6.07 Å². The third-order valence-electron chi connectivity index (χ3n) is 3.78. The predicted octanol–water partition coefficient (Wildman–Crippen LogP) is 4.75. The van der Waals surface area contributed by atoms with Crippen molar-refractivity contribution in [3.63, 3.8) is 0 Å². The second kappa shape index (κ2) is 7.43. The van der Waals surface area contributed by atoms with Crippen molar-refractivity contribution in [1.29, 1.82) is 0 Å². The van der Waals surface area contributed by atoms with Gasteiger partial charge in [0.2, 0.25) is 10.0 Å². The van der Waals surface area contributed by atoms with Gasteiger partial charge in [-0.1, -0.05) is 38.3 Å². The van der Waals surface area contributed by atoms with Gasteiger partial charge in [-0.15, -0.1) is 0 Å². The number of alkyl halides is 1. The number of rotatable bonds is 4. The number of hydrogen-bond acceptors (Lipinski definition) is 2. The van der Waals surface area contributed by atoms with Gasteiger partial charge >= 0.3 is 0 Å². The lowest BCUT2D eigenvalue weighted by molar-refractivity contribution is 0.368. The van der Waals surface area contributed by atoms with Crippen LogP contribution in [0.3, 0.4) is 0 Å². The molecule has 2 unspecified atom stereocenters. The van der Waals surface area contributed by atoms with Crippen LogP contribution in [-0.2, 0) is 10.0 Å². The highest BCUT2D eigenvalue weighted by atomic mass is 79.9. The van der Waals surface area contributed by atoms with Gasteiger partial charge in [-0.25, -0.2) is 13.1 Å². The Kier molecular flexibility index (Phi) is 6.34. The Balaban J connectivity index is 2.10. The summed E-state index contributed by atoms with van der Waals surface area (Å²) in [5.41, 5.74) is 0.996. The Hall–Kier alpha value is 0.570. The molecule has 0 spiro atoms. The number of halogens is 3. The molecule has 0 radical (unpaired) electrons. The van der Waals surface area contributed by atoms with Crippen LogP contribution in [0.1, 0.15) is 31.2 Å². The fraction of sp³-hybridized carbons (Fsp3) is 0.571. The minimum atomic E-state index is -3.49. The molecule has 0 bridgehead atoms. The van der Waals surface area contributed by atoms with Crippen molar-refractivity contribution in [2.45, 2.75) is 42.3 Å². The molecular formula is C14H18Br3NO2S. The van der Waals surface area contributed by atoms with E-state index in [4.69, 9.17) is 0 Å². The quantitative estimate of drug-likeness (QED) is 0.602. The van der Waals surface area contributed by atoms with E-state index in [9.17, 15) is 8.42 Å². The van der Waals surface area contributed by atoms with Crippen molar-refractivity contribution in [2.75, 3.05) is 6.54 Å². The average molecular weight is 504 g/mol. The molecule has 21 heavy (non-hydrogen) atoms. The standard InChI is InChI=1S/C14H18Br3NO2S/c1-9-5-13(17)14(7-12(9)16)21(19,20)18-8-10-3-2-4-11(15)6-10/h5,7,10-11,18H,2-4,6,8H2,1H3. The summed E-state index contributed by atoms with van der Waals surface area (Å²) in [7, 11) is -3.49. The summed E-state index contributed by atoms with van der Waals surface area (Å²) in [4.78, 5) is 0.798. The highest BCUT2D eigenvalue weighted by Gasteiger charge is 2.24. The van der Waals surface area contributed by atoms with Crippen LogP contribution in [0.25, 0.3) is 0 Å². The monoisotopic (exact) mass is 501 g/mol. The zero-order valence-corrected chi connectivity index (χ0v) is 17.3. The molecule has 0 amide bonds. The molecule has 2 rings (SSSR count). The second-order valence-corrected chi connectivity index (χ2v) is 10.3. The minimum Gasteiger partial charge on any atom is -0.211 e. The van der Waals surface area contributed by atoms with Crippen LogP contribution in [0.2, 0.25) is 0 Å². The van der Waals surface area contributed by atoms with Gasteiger partial charge in [-0.3, -0.25) is 0 Å². The molecule has 1 saturated carbocycles. The molecule has 3 nitrogen and oxygen atoms in total. The molecule has 1 aromatic carbocycles. The first-order valence-electron chi connectivity index (χ1n) is 6.89. The Morgan fingerprint density at radius 3 is 2.62 bits per heavy atom. The summed E-state index contributed by atoms with van der Waals surface area (Å²) in [5, 5.41) is 0. The summed E-state index contributed by atoms with van der Waals surface area (Å²) in [6, 6.07) is 3.46. The van der Waals surface area contributed by atoms with Crippen molar-refractivity contribution >= 4 is 57.8 Å². The van der Waals surface area contributed by atoms with Gasteiger partial charge in [-0.05, 0) is 65.7 Å². The third kappa shape index (κ3) is 4.77. The summed E-state index contributed by atoms with van der Waals surface area (Å²) in [6.07, 6.45) is 4.45. The maximum atomic E-state index is 12.5. The number of benzene rings is 1. The summed E-state index contributed by atoms with van der Waals surface area (Å²) in [6.45, 7) is 2.43. The fourth-order valence-corrected chi connectivity index (χ4v) is 6.19. The molecule has 1 N–H and O–H groups in total. The van der Waals surface area contributed by atoms with Crippen LogP contribution in [0.15, 0.2) is 26.0 Å². The van der Waals surface area contributed by atoms with E-state index in [1.807, 2.05) is 13.0 Å². The summed E-state index contributed by atoms with van der Waals surface area (Å²) < 4.78 is 29.1. The Morgan fingerprint density at radius 2 is 1.95 bits per heavy atom. The first-order valence-corrected chi connectivity index (χ1v) is 10.9. The maximum Gasteiger partial charge on any atom is 0.241 e. The lowest BCUT2D eigenvalue weighted by Crippen LogP contribution is -2.32. The first-order chi connectivity index (χ1) is 9.79. The van der Waals surface area contributed by atoms with E-state index in [-0.39, 0.29) is 4.90 Å². The minimum absolute atomic E-state index is 0.283. The molecule has 0 heterocycles. The number of aryl methyl sites for hydroxylation is 1. The van der Waals surface area contributed by atoms with E-state index in [0.29, 0.717) is 21.8 Å². The molecule has 7 heteroatoms. The van der Waals surface area contributed by atoms with Crippen LogP contribution in [-0.4, -0.2) is 19.8 Å². The fourth-order valence-electron chi connectivity index (χ4n) is 2.55. The summed E-state index contributed by atoms with van der Waals surface area (Å²) >= 11 is 10.4. The SMILES string of the molecule is Cc1cc(Br)c(S(=O)(=O)NCC2CCCC(Br)C2)cc1Br. The normalized spacial score (nSPS) is 23.2. The molecule has 2 atom stereocenters. The molecule has 0 aromatic heterocycles. The van der Waals surface area contributed by atoms with Crippen LogP contribution >= 0.6 is 47.8 Å². The Labute approximate surface area is 151 Å². The van der Waals surface area contributed by atoms with Gasteiger partial charge in [0, 0.05) is 20.3 Å². The van der Waals surface area contributed by atoms with Gasteiger partial charge in [0.05, 0.1) is 4.90 Å². The van der Waals surface area contributed by atoms with Crippen LogP contribution < -0.4 is 4.72 Å². The van der Waals surface area contributed by atoms with Crippen LogP contribution in [0.5, 0.6) is 0 Å². The lowest BCUT2D eigenvalue weighted by atomic mass is 9.89. The number of sulfonamides is 1. The molecule has 1 fully saturated rings. The molecule has 0 saturated heterocycles. The zero-order chi connectivity index (χ0) is 15.6. The van der Waals surface area contributed by atoms with E-state index in [2.05, 4.69) is 52.5 Å². The molecule has 118 valence electrons. The second-order valence-electron chi connectivity index (χ2n) is 5.51. The highest BCUT2D eigenvalue weighted by molar-refractivity contribution is 9.11. The van der Waals surface area contributed by atoms with E-state index < -0.39 is 10.0 Å². The van der Waals surface area contributed by atoms with Gasteiger partial charge in [-0.2, -0.15) is 0 Å². The maximum absolute atomic E-state index is 12.5. The van der Waals surface area contributed by atoms with E-state index in [1.165, 1.54) is 6.42 Å². The van der Waals surface area contributed by atoms with Gasteiger partial charge in [0.1, 0.15) is 0 Å². The topological polar surface area (TPSA) is 46.2 Å². The first kappa shape index (κ1) is 17.9. The Morgan fingerprint density at radius 1 is 1.24 bits per heavy atom. The van der Waals surface area contributed by atoms with Crippen molar-refractivity contribution in [2.24, 2.45) is 5.92 Å². The van der Waals surface area contributed by atoms with Gasteiger partial charge in [0.15, 0.2) is 0 Å². The van der Waals surface area contributed by atoms with Crippen LogP contribution in [0, 0.1) is 12.8 Å². The third-order valence-corrected chi connectivity index (χ3v) is 7.85. The van der Waals surface area contributed by atoms with Crippen LogP contribution in [0.4, 0.5) is 0 Å². The molecule has 0 aliphatic heterocycles. The van der Waals surface area contributed by atoms with Crippen molar-refractivity contribution in [3.05, 3.63) is 26.6 Å². The van der Waals surface area contributed by atoms with Gasteiger partial charge < -0.3 is 0 Å².